The van der Waals surface area contributed by atoms with Crippen molar-refractivity contribution in [2.45, 2.75) is 13.3 Å². The number of ether oxygens (including phenoxy) is 1. The van der Waals surface area contributed by atoms with E-state index in [1.54, 1.807) is 30.3 Å². The summed E-state index contributed by atoms with van der Waals surface area (Å²) in [5, 5.41) is 12.2. The van der Waals surface area contributed by atoms with E-state index in [4.69, 9.17) is 4.74 Å². The Morgan fingerprint density at radius 3 is 2.39 bits per heavy atom. The molecule has 3 aromatic carbocycles. The molecule has 0 aliphatic heterocycles. The van der Waals surface area contributed by atoms with Crippen LogP contribution in [-0.4, -0.2) is 12.5 Å². The third kappa shape index (κ3) is 6.30. The fourth-order valence-corrected chi connectivity index (χ4v) is 3.92. The fraction of sp³-hybridized carbons (Fsp3) is 0.120. The zero-order valence-corrected chi connectivity index (χ0v) is 20.0. The molecule has 0 radical (unpaired) electrons. The quantitative estimate of drug-likeness (QED) is 0.267. The van der Waals surface area contributed by atoms with Gasteiger partial charge in [0.2, 0.25) is 0 Å². The van der Waals surface area contributed by atoms with Crippen molar-refractivity contribution in [2.24, 2.45) is 0 Å². The highest BCUT2D eigenvalue weighted by Crippen LogP contribution is 2.26. The fourth-order valence-electron chi connectivity index (χ4n) is 2.96. The molecule has 0 fully saturated rings. The van der Waals surface area contributed by atoms with Gasteiger partial charge in [0.1, 0.15) is 17.4 Å². The summed E-state index contributed by atoms with van der Waals surface area (Å²) in [6, 6.07) is 22.9. The Morgan fingerprint density at radius 2 is 1.74 bits per heavy atom. The molecule has 0 saturated carbocycles. The van der Waals surface area contributed by atoms with Crippen molar-refractivity contribution >= 4 is 49.5 Å². The number of rotatable bonds is 7. The number of halogens is 2. The monoisotopic (exact) mass is 538 g/mol. The number of carbonyl (C=O) groups excluding carboxylic acids is 1. The van der Waals surface area contributed by atoms with Crippen molar-refractivity contribution < 1.29 is 9.53 Å². The summed E-state index contributed by atoms with van der Waals surface area (Å²) in [7, 11) is 0. The second-order valence-corrected chi connectivity index (χ2v) is 8.41. The molecule has 0 heterocycles. The molecule has 0 bridgehead atoms. The molecule has 6 heteroatoms. The minimum Gasteiger partial charge on any atom is -0.494 e. The number of nitrogens with one attached hydrogen (secondary N) is 1. The number of nitrogens with zero attached hydrogens (tertiary/aromatic N) is 1. The van der Waals surface area contributed by atoms with Crippen LogP contribution in [0.4, 0.5) is 5.69 Å². The SMILES string of the molecule is CCOc1ccc(NC(=O)/C(C#N)=C/c2ccc(Cc3ccccc3Br)c(Br)c2)cc1. The lowest BCUT2D eigenvalue weighted by molar-refractivity contribution is -0.112. The van der Waals surface area contributed by atoms with Crippen molar-refractivity contribution in [3.63, 3.8) is 0 Å². The normalized spacial score (nSPS) is 11.0. The van der Waals surface area contributed by atoms with Crippen LogP contribution in [0.5, 0.6) is 5.75 Å². The lowest BCUT2D eigenvalue weighted by Crippen LogP contribution is -2.13. The topological polar surface area (TPSA) is 62.1 Å². The van der Waals surface area contributed by atoms with E-state index in [-0.39, 0.29) is 5.57 Å². The molecule has 0 unspecified atom stereocenters. The zero-order chi connectivity index (χ0) is 22.2. The van der Waals surface area contributed by atoms with E-state index in [2.05, 4.69) is 43.2 Å². The summed E-state index contributed by atoms with van der Waals surface area (Å²) in [5.41, 5.74) is 3.68. The summed E-state index contributed by atoms with van der Waals surface area (Å²) in [5.74, 6) is 0.268. The van der Waals surface area contributed by atoms with Crippen LogP contribution in [0.25, 0.3) is 6.08 Å². The molecule has 3 rings (SSSR count). The van der Waals surface area contributed by atoms with Crippen LogP contribution in [0, 0.1) is 11.3 Å². The molecule has 0 aliphatic carbocycles. The van der Waals surface area contributed by atoms with E-state index >= 15 is 0 Å². The maximum absolute atomic E-state index is 12.5. The highest BCUT2D eigenvalue weighted by Gasteiger charge is 2.11. The molecular weight excluding hydrogens is 520 g/mol. The molecule has 1 N–H and O–H groups in total. The number of hydrogen-bond acceptors (Lipinski definition) is 3. The van der Waals surface area contributed by atoms with Crippen LogP contribution in [0.3, 0.4) is 0 Å². The van der Waals surface area contributed by atoms with Crippen molar-refractivity contribution in [3.05, 3.63) is 97.9 Å². The van der Waals surface area contributed by atoms with Crippen LogP contribution < -0.4 is 10.1 Å². The number of anilines is 1. The zero-order valence-electron chi connectivity index (χ0n) is 16.9. The van der Waals surface area contributed by atoms with E-state index in [0.29, 0.717) is 12.3 Å². The van der Waals surface area contributed by atoms with Crippen molar-refractivity contribution in [2.75, 3.05) is 11.9 Å². The minimum atomic E-state index is -0.458. The summed E-state index contributed by atoms with van der Waals surface area (Å²) < 4.78 is 7.37. The Kier molecular flexibility index (Phi) is 8.05. The molecule has 0 aliphatic rings. The molecule has 31 heavy (non-hydrogen) atoms. The smallest absolute Gasteiger partial charge is 0.266 e. The van der Waals surface area contributed by atoms with Crippen LogP contribution in [0.1, 0.15) is 23.6 Å². The molecule has 1 amide bonds. The molecule has 0 atom stereocenters. The van der Waals surface area contributed by atoms with Gasteiger partial charge in [0, 0.05) is 14.6 Å². The van der Waals surface area contributed by atoms with Gasteiger partial charge in [-0.1, -0.05) is 62.2 Å². The Hall–Kier alpha value is -2.88. The van der Waals surface area contributed by atoms with E-state index < -0.39 is 5.91 Å². The van der Waals surface area contributed by atoms with Crippen molar-refractivity contribution in [3.8, 4) is 11.8 Å². The first-order valence-electron chi connectivity index (χ1n) is 9.68. The second kappa shape index (κ2) is 10.9. The predicted molar refractivity (Wildman–Crippen MR) is 131 cm³/mol. The first-order chi connectivity index (χ1) is 15.0. The first kappa shape index (κ1) is 22.8. The average molecular weight is 540 g/mol. The Bertz CT molecular complexity index is 1150. The average Bonchev–Trinajstić information content (AvgIpc) is 2.76. The van der Waals surface area contributed by atoms with Gasteiger partial charge in [-0.3, -0.25) is 4.79 Å². The Morgan fingerprint density at radius 1 is 1.03 bits per heavy atom. The largest absolute Gasteiger partial charge is 0.494 e. The third-order valence-electron chi connectivity index (χ3n) is 4.52. The van der Waals surface area contributed by atoms with E-state index in [1.807, 2.05) is 49.4 Å². The van der Waals surface area contributed by atoms with E-state index in [0.717, 1.165) is 32.2 Å². The van der Waals surface area contributed by atoms with Gasteiger partial charge >= 0.3 is 0 Å². The molecule has 156 valence electrons. The highest BCUT2D eigenvalue weighted by atomic mass is 79.9. The molecular formula is C25H20Br2N2O2. The van der Waals surface area contributed by atoms with Crippen molar-refractivity contribution in [1.29, 1.82) is 5.26 Å². The molecule has 0 aromatic heterocycles. The van der Waals surface area contributed by atoms with Gasteiger partial charge in [-0.25, -0.2) is 0 Å². The van der Waals surface area contributed by atoms with Crippen LogP contribution >= 0.6 is 31.9 Å². The van der Waals surface area contributed by atoms with Crippen LogP contribution in [0.2, 0.25) is 0 Å². The molecule has 4 nitrogen and oxygen atoms in total. The summed E-state index contributed by atoms with van der Waals surface area (Å²) in [4.78, 5) is 12.5. The summed E-state index contributed by atoms with van der Waals surface area (Å²) in [6.45, 7) is 2.48. The Balaban J connectivity index is 1.74. The van der Waals surface area contributed by atoms with Gasteiger partial charge in [0.05, 0.1) is 6.61 Å². The van der Waals surface area contributed by atoms with Gasteiger partial charge in [-0.15, -0.1) is 0 Å². The van der Waals surface area contributed by atoms with E-state index in [1.165, 1.54) is 5.56 Å². The van der Waals surface area contributed by atoms with E-state index in [9.17, 15) is 10.1 Å². The lowest BCUT2D eigenvalue weighted by Gasteiger charge is -2.09. The molecule has 0 saturated heterocycles. The molecule has 3 aromatic rings. The van der Waals surface area contributed by atoms with Crippen molar-refractivity contribution in [1.82, 2.24) is 0 Å². The first-order valence-corrected chi connectivity index (χ1v) is 11.3. The van der Waals surface area contributed by atoms with Crippen LogP contribution in [0.15, 0.2) is 81.2 Å². The summed E-state index contributed by atoms with van der Waals surface area (Å²) >= 11 is 7.19. The Labute approximate surface area is 198 Å². The highest BCUT2D eigenvalue weighted by molar-refractivity contribution is 9.10. The molecule has 0 spiro atoms. The number of nitriles is 1. The number of amides is 1. The van der Waals surface area contributed by atoms with Crippen LogP contribution in [-0.2, 0) is 11.2 Å². The lowest BCUT2D eigenvalue weighted by atomic mass is 10.0. The van der Waals surface area contributed by atoms with Gasteiger partial charge < -0.3 is 10.1 Å². The maximum atomic E-state index is 12.5. The third-order valence-corrected chi connectivity index (χ3v) is 6.03. The maximum Gasteiger partial charge on any atom is 0.266 e. The van der Waals surface area contributed by atoms with Gasteiger partial charge in [-0.05, 0) is 72.5 Å². The minimum absolute atomic E-state index is 0.0272. The number of carbonyl (C=O) groups is 1. The van der Waals surface area contributed by atoms with Gasteiger partial charge in [-0.2, -0.15) is 5.26 Å². The number of benzene rings is 3. The summed E-state index contributed by atoms with van der Waals surface area (Å²) in [6.07, 6.45) is 2.34. The van der Waals surface area contributed by atoms with Gasteiger partial charge in [0.15, 0.2) is 0 Å². The second-order valence-electron chi connectivity index (χ2n) is 6.70. The van der Waals surface area contributed by atoms with Gasteiger partial charge in [0.25, 0.3) is 5.91 Å². The predicted octanol–water partition coefficient (Wildman–Crippen LogP) is 6.75. The number of hydrogen-bond donors (Lipinski definition) is 1. The standard InChI is InChI=1S/C25H20Br2N2O2/c1-2-31-22-11-9-21(10-12-22)29-25(30)20(16-28)13-17-7-8-19(24(27)14-17)15-18-5-3-4-6-23(18)26/h3-14H,2,15H2,1H3,(H,29,30)/b20-13+.